The Hall–Kier alpha value is -5.31. The molecule has 2 heterocycles. The Bertz CT molecular complexity index is 2340. The lowest BCUT2D eigenvalue weighted by Crippen LogP contribution is -1.98. The first-order chi connectivity index (χ1) is 21.3. The lowest BCUT2D eigenvalue weighted by molar-refractivity contribution is 1.45. The van der Waals surface area contributed by atoms with Gasteiger partial charge in [-0.1, -0.05) is 121 Å². The fourth-order valence-corrected chi connectivity index (χ4v) is 7.81. The van der Waals surface area contributed by atoms with E-state index in [1.165, 1.54) is 82.2 Å². The SMILES string of the molecule is c1ccc2c(c1)-c1ccccc1-c1cccc(-c3ccc(-c4ccc5sc6ncccc6c5c4)cc3)c1-c1ccccc1-2. The molecule has 0 unspecified atom stereocenters. The standard InChI is InChI=1S/C41H25NS/c1-2-10-31-30(9-1)32-11-3-4-12-34(32)36-16-7-15-29(40(36)35-14-6-5-13-33(31)35)27-20-18-26(19-21-27)28-22-23-39-38(25-28)37-17-8-24-42-41(37)43-39/h1-25H. The van der Waals surface area contributed by atoms with E-state index in [1.807, 2.05) is 12.3 Å². The molecule has 0 amide bonds. The molecule has 0 aliphatic heterocycles. The first kappa shape index (κ1) is 24.3. The fourth-order valence-electron chi connectivity index (χ4n) is 6.78. The Kier molecular flexibility index (Phi) is 5.44. The minimum absolute atomic E-state index is 1.09. The number of hydrogen-bond acceptors (Lipinski definition) is 2. The molecule has 43 heavy (non-hydrogen) atoms. The summed E-state index contributed by atoms with van der Waals surface area (Å²) in [5.41, 5.74) is 15.1. The van der Waals surface area contributed by atoms with E-state index in [2.05, 4.69) is 145 Å². The number of hydrogen-bond donors (Lipinski definition) is 0. The average molecular weight is 564 g/mol. The van der Waals surface area contributed by atoms with Crippen LogP contribution in [0, 0.1) is 0 Å². The summed E-state index contributed by atoms with van der Waals surface area (Å²) in [6.45, 7) is 0. The summed E-state index contributed by atoms with van der Waals surface area (Å²) in [5, 5.41) is 2.50. The van der Waals surface area contributed by atoms with Crippen molar-refractivity contribution in [1.82, 2.24) is 4.98 Å². The monoisotopic (exact) mass is 563 g/mol. The number of aromatic nitrogens is 1. The molecule has 8 aromatic rings. The molecule has 2 aromatic heterocycles. The zero-order chi connectivity index (χ0) is 28.3. The molecule has 0 atom stereocenters. The molecule has 1 aliphatic carbocycles. The first-order valence-corrected chi connectivity index (χ1v) is 15.4. The van der Waals surface area contributed by atoms with Gasteiger partial charge in [0.25, 0.3) is 0 Å². The van der Waals surface area contributed by atoms with Gasteiger partial charge in [0.05, 0.1) is 0 Å². The quantitative estimate of drug-likeness (QED) is 0.204. The second-order valence-corrected chi connectivity index (χ2v) is 12.1. The van der Waals surface area contributed by atoms with Crippen LogP contribution in [0.5, 0.6) is 0 Å². The molecule has 0 saturated heterocycles. The summed E-state index contributed by atoms with van der Waals surface area (Å²) in [6.07, 6.45) is 1.87. The Morgan fingerprint density at radius 3 is 1.60 bits per heavy atom. The second kappa shape index (κ2) is 9.62. The number of thiophene rings is 1. The molecular formula is C41H25NS. The van der Waals surface area contributed by atoms with Crippen molar-refractivity contribution in [3.63, 3.8) is 0 Å². The van der Waals surface area contributed by atoms with Crippen molar-refractivity contribution >= 4 is 31.6 Å². The smallest absolute Gasteiger partial charge is 0.124 e. The third-order valence-electron chi connectivity index (χ3n) is 8.76. The van der Waals surface area contributed by atoms with Crippen LogP contribution in [0.3, 0.4) is 0 Å². The van der Waals surface area contributed by atoms with Gasteiger partial charge in [0.15, 0.2) is 0 Å². The van der Waals surface area contributed by atoms with Crippen molar-refractivity contribution in [2.24, 2.45) is 0 Å². The molecule has 0 saturated carbocycles. The third kappa shape index (κ3) is 3.81. The molecule has 1 nitrogen and oxygen atoms in total. The maximum atomic E-state index is 4.57. The molecule has 0 spiro atoms. The number of rotatable bonds is 2. The van der Waals surface area contributed by atoms with Crippen LogP contribution in [0.1, 0.15) is 0 Å². The molecule has 6 aromatic carbocycles. The molecule has 200 valence electrons. The van der Waals surface area contributed by atoms with Crippen LogP contribution in [0.15, 0.2) is 152 Å². The van der Waals surface area contributed by atoms with Gasteiger partial charge in [-0.3, -0.25) is 0 Å². The van der Waals surface area contributed by atoms with E-state index in [1.54, 1.807) is 11.3 Å². The first-order valence-electron chi connectivity index (χ1n) is 14.6. The van der Waals surface area contributed by atoms with Crippen molar-refractivity contribution < 1.29 is 0 Å². The van der Waals surface area contributed by atoms with Crippen LogP contribution in [0.4, 0.5) is 0 Å². The normalized spacial score (nSPS) is 11.7. The van der Waals surface area contributed by atoms with E-state index in [0.717, 1.165) is 4.83 Å². The predicted octanol–water partition coefficient (Wildman–Crippen LogP) is 11.8. The van der Waals surface area contributed by atoms with Gasteiger partial charge in [0.2, 0.25) is 0 Å². The van der Waals surface area contributed by atoms with Gasteiger partial charge in [-0.15, -0.1) is 11.3 Å². The van der Waals surface area contributed by atoms with Crippen LogP contribution in [-0.4, -0.2) is 4.98 Å². The molecule has 0 N–H and O–H groups in total. The Balaban J connectivity index is 1.23. The molecule has 0 radical (unpaired) electrons. The Labute approximate surface area is 254 Å². The molecule has 0 fully saturated rings. The van der Waals surface area contributed by atoms with Crippen molar-refractivity contribution in [3.8, 4) is 66.8 Å². The largest absolute Gasteiger partial charge is 0.245 e. The summed E-state index contributed by atoms with van der Waals surface area (Å²) in [4.78, 5) is 5.67. The summed E-state index contributed by atoms with van der Waals surface area (Å²) in [6, 6.07) is 53.4. The van der Waals surface area contributed by atoms with Gasteiger partial charge in [0, 0.05) is 21.7 Å². The maximum absolute atomic E-state index is 4.57. The molecule has 2 heteroatoms. The van der Waals surface area contributed by atoms with Crippen molar-refractivity contribution in [3.05, 3.63) is 152 Å². The zero-order valence-electron chi connectivity index (χ0n) is 23.3. The Morgan fingerprint density at radius 1 is 0.372 bits per heavy atom. The van der Waals surface area contributed by atoms with E-state index >= 15 is 0 Å². The number of fused-ring (bicyclic) bond motifs is 11. The van der Waals surface area contributed by atoms with Crippen LogP contribution < -0.4 is 0 Å². The molecule has 9 rings (SSSR count). The zero-order valence-corrected chi connectivity index (χ0v) is 24.1. The van der Waals surface area contributed by atoms with Crippen molar-refractivity contribution in [2.75, 3.05) is 0 Å². The summed E-state index contributed by atoms with van der Waals surface area (Å²) >= 11 is 1.76. The highest BCUT2D eigenvalue weighted by atomic mass is 32.1. The molecular weight excluding hydrogens is 539 g/mol. The number of nitrogens with zero attached hydrogens (tertiary/aromatic N) is 1. The maximum Gasteiger partial charge on any atom is 0.124 e. The Morgan fingerprint density at radius 2 is 0.907 bits per heavy atom. The highest BCUT2D eigenvalue weighted by Gasteiger charge is 2.23. The molecule has 0 bridgehead atoms. The average Bonchev–Trinajstić information content (AvgIpc) is 3.45. The number of pyridine rings is 1. The van der Waals surface area contributed by atoms with Crippen molar-refractivity contribution in [1.29, 1.82) is 0 Å². The van der Waals surface area contributed by atoms with Gasteiger partial charge in [-0.2, -0.15) is 0 Å². The van der Waals surface area contributed by atoms with Crippen LogP contribution >= 0.6 is 11.3 Å². The van der Waals surface area contributed by atoms with Crippen molar-refractivity contribution in [2.45, 2.75) is 0 Å². The second-order valence-electron chi connectivity index (χ2n) is 11.1. The van der Waals surface area contributed by atoms with E-state index in [0.29, 0.717) is 0 Å². The van der Waals surface area contributed by atoms with E-state index in [9.17, 15) is 0 Å². The lowest BCUT2D eigenvalue weighted by Gasteiger charge is -2.25. The number of benzene rings is 6. The minimum Gasteiger partial charge on any atom is -0.245 e. The third-order valence-corrected chi connectivity index (χ3v) is 9.86. The van der Waals surface area contributed by atoms with E-state index in [-0.39, 0.29) is 0 Å². The van der Waals surface area contributed by atoms with Gasteiger partial charge in [-0.25, -0.2) is 4.98 Å². The van der Waals surface area contributed by atoms with Crippen LogP contribution in [0.2, 0.25) is 0 Å². The fraction of sp³-hybridized carbons (Fsp3) is 0. The van der Waals surface area contributed by atoms with Gasteiger partial charge in [-0.05, 0) is 91.0 Å². The van der Waals surface area contributed by atoms with Crippen LogP contribution in [-0.2, 0) is 0 Å². The predicted molar refractivity (Wildman–Crippen MR) is 183 cm³/mol. The van der Waals surface area contributed by atoms with Crippen LogP contribution in [0.25, 0.3) is 87.1 Å². The highest BCUT2D eigenvalue weighted by Crippen LogP contribution is 2.50. The summed E-state index contributed by atoms with van der Waals surface area (Å²) < 4.78 is 1.28. The minimum atomic E-state index is 1.09. The van der Waals surface area contributed by atoms with Gasteiger partial charge >= 0.3 is 0 Å². The van der Waals surface area contributed by atoms with E-state index < -0.39 is 0 Å². The summed E-state index contributed by atoms with van der Waals surface area (Å²) in [7, 11) is 0. The topological polar surface area (TPSA) is 12.9 Å². The van der Waals surface area contributed by atoms with E-state index in [4.69, 9.17) is 0 Å². The lowest BCUT2D eigenvalue weighted by atomic mass is 9.78. The summed E-state index contributed by atoms with van der Waals surface area (Å²) in [5.74, 6) is 0. The highest BCUT2D eigenvalue weighted by molar-refractivity contribution is 7.25. The molecule has 1 aliphatic rings. The van der Waals surface area contributed by atoms with Gasteiger partial charge < -0.3 is 0 Å². The van der Waals surface area contributed by atoms with Gasteiger partial charge in [0.1, 0.15) is 4.83 Å².